The van der Waals surface area contributed by atoms with Gasteiger partial charge in [0.25, 0.3) is 0 Å². The van der Waals surface area contributed by atoms with Crippen LogP contribution >= 0.6 is 0 Å². The number of nitrogens with zero attached hydrogens (tertiary/aromatic N) is 1. The molecule has 7 nitrogen and oxygen atoms in total. The van der Waals surface area contributed by atoms with Crippen LogP contribution in [0.5, 0.6) is 0 Å². The molecule has 0 aromatic rings. The van der Waals surface area contributed by atoms with E-state index in [0.717, 1.165) is 13.0 Å². The second kappa shape index (κ2) is 6.41. The summed E-state index contributed by atoms with van der Waals surface area (Å²) < 4.78 is 0. The molecule has 0 aromatic heterocycles. The van der Waals surface area contributed by atoms with Crippen molar-refractivity contribution in [3.8, 4) is 0 Å². The Kier molecular flexibility index (Phi) is 5.17. The van der Waals surface area contributed by atoms with Crippen LogP contribution in [0.3, 0.4) is 0 Å². The molecule has 17 heavy (non-hydrogen) atoms. The largest absolute Gasteiger partial charge is 0.480 e. The molecule has 0 spiro atoms. The molecule has 1 rings (SSSR count). The van der Waals surface area contributed by atoms with Gasteiger partial charge in [0.05, 0.1) is 6.10 Å². The fourth-order valence-electron chi connectivity index (χ4n) is 1.66. The third-order valence-corrected chi connectivity index (χ3v) is 2.65. The van der Waals surface area contributed by atoms with Gasteiger partial charge in [-0.1, -0.05) is 0 Å². The van der Waals surface area contributed by atoms with Crippen molar-refractivity contribution < 1.29 is 19.8 Å². The van der Waals surface area contributed by atoms with E-state index in [1.807, 2.05) is 0 Å². The van der Waals surface area contributed by atoms with Gasteiger partial charge in [0.2, 0.25) is 0 Å². The molecule has 0 bridgehead atoms. The van der Waals surface area contributed by atoms with Crippen LogP contribution in [0.25, 0.3) is 0 Å². The molecule has 1 fully saturated rings. The monoisotopic (exact) mass is 245 g/mol. The normalized spacial score (nSPS) is 20.2. The van der Waals surface area contributed by atoms with Crippen molar-refractivity contribution in [3.63, 3.8) is 0 Å². The minimum absolute atomic E-state index is 0.443. The van der Waals surface area contributed by atoms with Crippen LogP contribution < -0.4 is 10.6 Å². The Bertz CT molecular complexity index is 275. The number of aliphatic hydroxyl groups is 1. The van der Waals surface area contributed by atoms with E-state index in [-0.39, 0.29) is 0 Å². The first-order valence-corrected chi connectivity index (χ1v) is 5.69. The Labute approximate surface area is 99.8 Å². The highest BCUT2D eigenvalue weighted by Gasteiger charge is 2.27. The topological polar surface area (TPSA) is 102 Å². The molecule has 1 aliphatic rings. The third-order valence-electron chi connectivity index (χ3n) is 2.65. The quantitative estimate of drug-likeness (QED) is 0.501. The van der Waals surface area contributed by atoms with Gasteiger partial charge in [-0.2, -0.15) is 0 Å². The van der Waals surface area contributed by atoms with E-state index in [0.29, 0.717) is 19.6 Å². The van der Waals surface area contributed by atoms with Gasteiger partial charge in [0.15, 0.2) is 6.04 Å². The third kappa shape index (κ3) is 4.20. The van der Waals surface area contributed by atoms with E-state index in [1.165, 1.54) is 6.92 Å². The number of carboxylic acids is 1. The Morgan fingerprint density at radius 2 is 2.06 bits per heavy atom. The van der Waals surface area contributed by atoms with Crippen LogP contribution in [0.1, 0.15) is 13.3 Å². The summed E-state index contributed by atoms with van der Waals surface area (Å²) in [6, 6.07) is -1.71. The van der Waals surface area contributed by atoms with E-state index in [1.54, 1.807) is 4.90 Å². The highest BCUT2D eigenvalue weighted by atomic mass is 16.4. The summed E-state index contributed by atoms with van der Waals surface area (Å²) in [6.07, 6.45) is -0.290. The summed E-state index contributed by atoms with van der Waals surface area (Å²) in [7, 11) is 0. The Balaban J connectivity index is 2.53. The summed E-state index contributed by atoms with van der Waals surface area (Å²) in [5.74, 6) is -1.23. The Morgan fingerprint density at radius 1 is 1.35 bits per heavy atom. The first-order chi connectivity index (χ1) is 8.02. The van der Waals surface area contributed by atoms with Crippen LogP contribution in [0.4, 0.5) is 4.79 Å². The zero-order valence-corrected chi connectivity index (χ0v) is 9.85. The minimum atomic E-state index is -1.27. The van der Waals surface area contributed by atoms with E-state index < -0.39 is 24.1 Å². The number of amides is 2. The average Bonchev–Trinajstić information content (AvgIpc) is 2.52. The van der Waals surface area contributed by atoms with Gasteiger partial charge in [-0.05, 0) is 19.9 Å². The summed E-state index contributed by atoms with van der Waals surface area (Å²) in [6.45, 7) is 4.01. The van der Waals surface area contributed by atoms with Crippen molar-refractivity contribution in [2.75, 3.05) is 26.2 Å². The summed E-state index contributed by atoms with van der Waals surface area (Å²) in [5.41, 5.74) is 0. The van der Waals surface area contributed by atoms with Crippen LogP contribution in [-0.2, 0) is 4.79 Å². The molecule has 4 N–H and O–H groups in total. The molecule has 98 valence electrons. The number of hydrogen-bond donors (Lipinski definition) is 4. The maximum atomic E-state index is 11.8. The van der Waals surface area contributed by atoms with Crippen molar-refractivity contribution in [2.24, 2.45) is 0 Å². The number of aliphatic carboxylic acids is 1. The molecule has 0 saturated carbocycles. The van der Waals surface area contributed by atoms with Gasteiger partial charge >= 0.3 is 12.0 Å². The maximum absolute atomic E-state index is 11.8. The molecule has 1 heterocycles. The van der Waals surface area contributed by atoms with Crippen LogP contribution in [0.2, 0.25) is 0 Å². The standard InChI is InChI=1S/C10H19N3O4/c1-7(14)8(9(15)16)12-10(17)13-5-2-3-11-4-6-13/h7-8,11,14H,2-6H2,1H3,(H,12,17)(H,15,16)/t7-,8+/m1/s1. The zero-order chi connectivity index (χ0) is 12.8. The van der Waals surface area contributed by atoms with E-state index in [2.05, 4.69) is 10.6 Å². The number of carboxylic acid groups (broad SMARTS) is 1. The van der Waals surface area contributed by atoms with E-state index >= 15 is 0 Å². The fraction of sp³-hybridized carbons (Fsp3) is 0.800. The summed E-state index contributed by atoms with van der Waals surface area (Å²) in [4.78, 5) is 24.2. The number of nitrogens with one attached hydrogen (secondary N) is 2. The lowest BCUT2D eigenvalue weighted by atomic mass is 10.2. The summed E-state index contributed by atoms with van der Waals surface area (Å²) in [5, 5.41) is 23.6. The van der Waals surface area contributed by atoms with E-state index in [9.17, 15) is 14.7 Å². The molecule has 0 aliphatic carbocycles. The molecule has 7 heteroatoms. The van der Waals surface area contributed by atoms with Crippen LogP contribution in [0, 0.1) is 0 Å². The molecular weight excluding hydrogens is 226 g/mol. The first-order valence-electron chi connectivity index (χ1n) is 5.69. The van der Waals surface area contributed by atoms with Gasteiger partial charge in [-0.25, -0.2) is 9.59 Å². The van der Waals surface area contributed by atoms with Crippen molar-refractivity contribution in [1.82, 2.24) is 15.5 Å². The zero-order valence-electron chi connectivity index (χ0n) is 9.85. The lowest BCUT2D eigenvalue weighted by Gasteiger charge is -2.24. The molecular formula is C10H19N3O4. The number of aliphatic hydroxyl groups excluding tert-OH is 1. The van der Waals surface area contributed by atoms with Gasteiger partial charge in [-0.15, -0.1) is 0 Å². The number of rotatable bonds is 3. The Morgan fingerprint density at radius 3 is 2.65 bits per heavy atom. The first kappa shape index (κ1) is 13.7. The predicted octanol–water partition coefficient (Wildman–Crippen LogP) is -1.17. The fourth-order valence-corrected chi connectivity index (χ4v) is 1.66. The highest BCUT2D eigenvalue weighted by molar-refractivity contribution is 5.83. The summed E-state index contributed by atoms with van der Waals surface area (Å²) >= 11 is 0. The minimum Gasteiger partial charge on any atom is -0.480 e. The van der Waals surface area contributed by atoms with Gasteiger partial charge in [-0.3, -0.25) is 0 Å². The predicted molar refractivity (Wildman–Crippen MR) is 60.7 cm³/mol. The van der Waals surface area contributed by atoms with Crippen molar-refractivity contribution >= 4 is 12.0 Å². The molecule has 1 saturated heterocycles. The number of carbonyl (C=O) groups excluding carboxylic acids is 1. The molecule has 2 atom stereocenters. The number of hydrogen-bond acceptors (Lipinski definition) is 4. The van der Waals surface area contributed by atoms with Crippen molar-refractivity contribution in [1.29, 1.82) is 0 Å². The second-order valence-electron chi connectivity index (χ2n) is 4.10. The SMILES string of the molecule is C[C@@H](O)[C@H](NC(=O)N1CCCNCC1)C(=O)O. The lowest BCUT2D eigenvalue weighted by Crippen LogP contribution is -2.52. The lowest BCUT2D eigenvalue weighted by molar-refractivity contribution is -0.141. The highest BCUT2D eigenvalue weighted by Crippen LogP contribution is 1.99. The number of urea groups is 1. The van der Waals surface area contributed by atoms with Crippen molar-refractivity contribution in [2.45, 2.75) is 25.5 Å². The van der Waals surface area contributed by atoms with E-state index in [4.69, 9.17) is 5.11 Å². The molecule has 1 aliphatic heterocycles. The molecule has 2 amide bonds. The van der Waals surface area contributed by atoms with Gasteiger partial charge in [0.1, 0.15) is 0 Å². The maximum Gasteiger partial charge on any atom is 0.328 e. The smallest absolute Gasteiger partial charge is 0.328 e. The Hall–Kier alpha value is -1.34. The van der Waals surface area contributed by atoms with Crippen molar-refractivity contribution in [3.05, 3.63) is 0 Å². The molecule has 0 unspecified atom stereocenters. The second-order valence-corrected chi connectivity index (χ2v) is 4.10. The number of carbonyl (C=O) groups is 2. The molecule has 0 radical (unpaired) electrons. The average molecular weight is 245 g/mol. The van der Waals surface area contributed by atoms with Crippen LogP contribution in [-0.4, -0.2) is 65.4 Å². The van der Waals surface area contributed by atoms with Crippen LogP contribution in [0.15, 0.2) is 0 Å². The molecule has 0 aromatic carbocycles. The van der Waals surface area contributed by atoms with Gasteiger partial charge in [0, 0.05) is 19.6 Å². The van der Waals surface area contributed by atoms with Gasteiger partial charge < -0.3 is 25.7 Å².